The Bertz CT molecular complexity index is 1150. The molecule has 2 aliphatic rings. The predicted octanol–water partition coefficient (Wildman–Crippen LogP) is 2.83. The summed E-state index contributed by atoms with van der Waals surface area (Å²) in [6.45, 7) is 3.66. The smallest absolute Gasteiger partial charge is 0.275 e. The highest BCUT2D eigenvalue weighted by atomic mass is 16.5. The number of nitrogens with one attached hydrogen (secondary N) is 3. The van der Waals surface area contributed by atoms with E-state index < -0.39 is 11.5 Å². The normalized spacial score (nSPS) is 22.1. The van der Waals surface area contributed by atoms with E-state index in [1.165, 1.54) is 13.3 Å². The molecule has 1 fully saturated rings. The van der Waals surface area contributed by atoms with Crippen molar-refractivity contribution < 1.29 is 14.6 Å². The number of methoxy groups -OCH3 is 1. The van der Waals surface area contributed by atoms with Crippen molar-refractivity contribution in [1.29, 1.82) is 5.41 Å². The van der Waals surface area contributed by atoms with Gasteiger partial charge in [-0.3, -0.25) is 9.78 Å². The lowest BCUT2D eigenvalue weighted by Gasteiger charge is -2.42. The van der Waals surface area contributed by atoms with Crippen LogP contribution in [0, 0.1) is 11.3 Å². The lowest BCUT2D eigenvalue weighted by atomic mass is 9.71. The SMILES string of the molecule is COC1=CC(=N)/C(=C\NC2CC(C(C)(C)O)C2)C=C1NC(=O)c1cnc2ccccc2n1. The van der Waals surface area contributed by atoms with Crippen molar-refractivity contribution in [2.24, 2.45) is 5.92 Å². The number of aromatic nitrogens is 2. The fourth-order valence-electron chi connectivity index (χ4n) is 3.77. The summed E-state index contributed by atoms with van der Waals surface area (Å²) in [7, 11) is 1.49. The Morgan fingerprint density at radius 3 is 2.66 bits per heavy atom. The molecule has 0 saturated heterocycles. The minimum Gasteiger partial charge on any atom is -0.494 e. The first kappa shape index (κ1) is 21.7. The maximum absolute atomic E-state index is 12.8. The molecule has 1 heterocycles. The van der Waals surface area contributed by atoms with Gasteiger partial charge in [-0.05, 0) is 50.8 Å². The Hall–Kier alpha value is -3.52. The van der Waals surface area contributed by atoms with Gasteiger partial charge >= 0.3 is 0 Å². The highest BCUT2D eigenvalue weighted by Crippen LogP contribution is 2.36. The van der Waals surface area contributed by atoms with Gasteiger partial charge in [0.05, 0.1) is 41.3 Å². The highest BCUT2D eigenvalue weighted by Gasteiger charge is 2.38. The number of benzene rings is 1. The number of hydrogen-bond donors (Lipinski definition) is 4. The first-order valence-corrected chi connectivity index (χ1v) is 10.5. The molecule has 1 aromatic heterocycles. The third-order valence-electron chi connectivity index (χ3n) is 5.91. The van der Waals surface area contributed by atoms with Crippen LogP contribution in [0.25, 0.3) is 11.0 Å². The molecule has 32 heavy (non-hydrogen) atoms. The Balaban J connectivity index is 1.48. The average molecular weight is 434 g/mol. The molecular weight excluding hydrogens is 406 g/mol. The summed E-state index contributed by atoms with van der Waals surface area (Å²) in [5.41, 5.74) is 2.20. The summed E-state index contributed by atoms with van der Waals surface area (Å²) in [4.78, 5) is 21.5. The number of carbonyl (C=O) groups excluding carboxylic acids is 1. The number of allylic oxidation sites excluding steroid dienone is 3. The van der Waals surface area contributed by atoms with Crippen molar-refractivity contribution in [3.8, 4) is 0 Å². The fourth-order valence-corrected chi connectivity index (χ4v) is 3.77. The van der Waals surface area contributed by atoms with Gasteiger partial charge in [-0.1, -0.05) is 12.1 Å². The van der Waals surface area contributed by atoms with Crippen LogP contribution in [0.4, 0.5) is 0 Å². The van der Waals surface area contributed by atoms with Gasteiger partial charge in [0.15, 0.2) is 0 Å². The molecule has 4 N–H and O–H groups in total. The van der Waals surface area contributed by atoms with Crippen LogP contribution in [0.15, 0.2) is 65.8 Å². The van der Waals surface area contributed by atoms with Crippen molar-refractivity contribution in [3.63, 3.8) is 0 Å². The van der Waals surface area contributed by atoms with Crippen molar-refractivity contribution in [2.75, 3.05) is 7.11 Å². The molecule has 0 radical (unpaired) electrons. The molecule has 2 aromatic rings. The van der Waals surface area contributed by atoms with Crippen LogP contribution in [0.1, 0.15) is 37.2 Å². The van der Waals surface area contributed by atoms with Gasteiger partial charge in [0, 0.05) is 23.9 Å². The van der Waals surface area contributed by atoms with Crippen LogP contribution >= 0.6 is 0 Å². The average Bonchev–Trinajstić information content (AvgIpc) is 2.73. The van der Waals surface area contributed by atoms with E-state index in [9.17, 15) is 9.90 Å². The van der Waals surface area contributed by atoms with Crippen molar-refractivity contribution in [2.45, 2.75) is 38.3 Å². The monoisotopic (exact) mass is 433 g/mol. The van der Waals surface area contributed by atoms with E-state index in [1.807, 2.05) is 32.0 Å². The maximum atomic E-state index is 12.8. The van der Waals surface area contributed by atoms with Gasteiger partial charge in [0.2, 0.25) is 0 Å². The maximum Gasteiger partial charge on any atom is 0.275 e. The molecule has 0 aliphatic heterocycles. The lowest BCUT2D eigenvalue weighted by molar-refractivity contribution is -0.0298. The molecule has 0 spiro atoms. The summed E-state index contributed by atoms with van der Waals surface area (Å²) in [6, 6.07) is 7.59. The molecule has 8 nitrogen and oxygen atoms in total. The van der Waals surface area contributed by atoms with Crippen LogP contribution in [-0.2, 0) is 4.74 Å². The van der Waals surface area contributed by atoms with Gasteiger partial charge in [0.25, 0.3) is 5.91 Å². The van der Waals surface area contributed by atoms with Gasteiger partial charge in [0.1, 0.15) is 11.5 Å². The number of para-hydroxylation sites is 2. The van der Waals surface area contributed by atoms with Crippen LogP contribution in [0.2, 0.25) is 0 Å². The summed E-state index contributed by atoms with van der Waals surface area (Å²) in [5.74, 6) is 0.239. The minimum atomic E-state index is -0.679. The number of rotatable bonds is 6. The molecule has 8 heteroatoms. The second kappa shape index (κ2) is 8.55. The molecule has 0 unspecified atom stereocenters. The van der Waals surface area contributed by atoms with Crippen LogP contribution < -0.4 is 10.6 Å². The quantitative estimate of drug-likeness (QED) is 0.556. The minimum absolute atomic E-state index is 0.191. The zero-order valence-electron chi connectivity index (χ0n) is 18.3. The van der Waals surface area contributed by atoms with Crippen molar-refractivity contribution >= 4 is 22.7 Å². The van der Waals surface area contributed by atoms with E-state index >= 15 is 0 Å². The molecule has 1 aromatic carbocycles. The van der Waals surface area contributed by atoms with Crippen LogP contribution in [-0.4, -0.2) is 45.4 Å². The van der Waals surface area contributed by atoms with E-state index in [-0.39, 0.29) is 23.4 Å². The molecular formula is C24H27N5O3. The van der Waals surface area contributed by atoms with Gasteiger partial charge in [-0.15, -0.1) is 0 Å². The van der Waals surface area contributed by atoms with E-state index in [0.717, 1.165) is 12.8 Å². The first-order valence-electron chi connectivity index (χ1n) is 10.5. The number of hydrogen-bond acceptors (Lipinski definition) is 7. The second-order valence-corrected chi connectivity index (χ2v) is 8.67. The third-order valence-corrected chi connectivity index (χ3v) is 5.91. The fraction of sp³-hybridized carbons (Fsp3) is 0.333. The van der Waals surface area contributed by atoms with Gasteiger partial charge in [-0.25, -0.2) is 4.98 Å². The summed E-state index contributed by atoms with van der Waals surface area (Å²) in [5, 5.41) is 24.5. The second-order valence-electron chi connectivity index (χ2n) is 8.67. The topological polar surface area (TPSA) is 120 Å². The van der Waals surface area contributed by atoms with E-state index in [2.05, 4.69) is 20.6 Å². The molecule has 166 valence electrons. The van der Waals surface area contributed by atoms with E-state index in [4.69, 9.17) is 10.1 Å². The molecule has 0 atom stereocenters. The molecule has 1 saturated carbocycles. The Morgan fingerprint density at radius 2 is 1.97 bits per heavy atom. The van der Waals surface area contributed by atoms with Gasteiger partial charge in [-0.2, -0.15) is 0 Å². The zero-order valence-corrected chi connectivity index (χ0v) is 18.3. The molecule has 2 aliphatic carbocycles. The lowest BCUT2D eigenvalue weighted by Crippen LogP contribution is -2.48. The summed E-state index contributed by atoms with van der Waals surface area (Å²) in [6.07, 6.45) is 8.22. The number of amides is 1. The number of fused-ring (bicyclic) bond motifs is 1. The molecule has 4 rings (SSSR count). The number of aliphatic hydroxyl groups is 1. The van der Waals surface area contributed by atoms with Crippen LogP contribution in [0.3, 0.4) is 0 Å². The number of ether oxygens (including phenoxy) is 1. The number of carbonyl (C=O) groups is 1. The predicted molar refractivity (Wildman–Crippen MR) is 122 cm³/mol. The largest absolute Gasteiger partial charge is 0.494 e. The molecule has 0 bridgehead atoms. The van der Waals surface area contributed by atoms with E-state index in [0.29, 0.717) is 28.1 Å². The van der Waals surface area contributed by atoms with Crippen molar-refractivity contribution in [3.05, 3.63) is 71.5 Å². The standard InChI is InChI=1S/C24H27N5O3/c1-24(2,31)15-9-16(10-15)26-12-14-8-20(22(32-3)11-17(14)25)29-23(30)21-13-27-18-6-4-5-7-19(18)28-21/h4-8,11-13,15-16,25-26,31H,9-10H2,1-3H3,(H,29,30)/b14-12-,25-17?. The zero-order chi connectivity index (χ0) is 22.9. The molecule has 1 amide bonds. The third kappa shape index (κ3) is 4.55. The van der Waals surface area contributed by atoms with Crippen LogP contribution in [0.5, 0.6) is 0 Å². The highest BCUT2D eigenvalue weighted by molar-refractivity contribution is 6.10. The Labute approximate surface area is 186 Å². The Kier molecular flexibility index (Phi) is 5.80. The van der Waals surface area contributed by atoms with E-state index in [1.54, 1.807) is 24.4 Å². The van der Waals surface area contributed by atoms with Gasteiger partial charge < -0.3 is 25.9 Å². The summed E-state index contributed by atoms with van der Waals surface area (Å²) >= 11 is 0. The number of nitrogens with zero attached hydrogens (tertiary/aromatic N) is 2. The van der Waals surface area contributed by atoms with Crippen molar-refractivity contribution in [1.82, 2.24) is 20.6 Å². The summed E-state index contributed by atoms with van der Waals surface area (Å²) < 4.78 is 5.36. The first-order chi connectivity index (χ1) is 15.2. The Morgan fingerprint density at radius 1 is 1.25 bits per heavy atom.